The summed E-state index contributed by atoms with van der Waals surface area (Å²) in [6.45, 7) is 8.26. The van der Waals surface area contributed by atoms with Crippen molar-refractivity contribution in [1.82, 2.24) is 4.90 Å². The fourth-order valence-corrected chi connectivity index (χ4v) is 3.35. The molecule has 0 saturated heterocycles. The molecule has 0 fully saturated rings. The van der Waals surface area contributed by atoms with Crippen molar-refractivity contribution in [2.45, 2.75) is 104 Å². The lowest BCUT2D eigenvalue weighted by Crippen LogP contribution is -2.35. The number of aryl methyl sites for hydroxylation is 1. The molecule has 0 aliphatic heterocycles. The second kappa shape index (κ2) is 14.9. The van der Waals surface area contributed by atoms with Crippen LogP contribution < -0.4 is 5.32 Å². The van der Waals surface area contributed by atoms with Crippen molar-refractivity contribution < 1.29 is 14.3 Å². The highest BCUT2D eigenvalue weighted by atomic mass is 16.6. The Morgan fingerprint density at radius 2 is 1.48 bits per heavy atom. The number of ether oxygens (including phenoxy) is 1. The molecule has 0 saturated carbocycles. The molecule has 0 radical (unpaired) electrons. The Balaban J connectivity index is 2.20. The number of nitrogens with one attached hydrogen (secondary N) is 1. The molecule has 0 atom stereocenters. The van der Waals surface area contributed by atoms with Gasteiger partial charge in [0.2, 0.25) is 5.91 Å². The summed E-state index contributed by atoms with van der Waals surface area (Å²) >= 11 is 0. The highest BCUT2D eigenvalue weighted by molar-refractivity contribution is 5.90. The second-order valence-electron chi connectivity index (χ2n) is 9.48. The van der Waals surface area contributed by atoms with Crippen LogP contribution in [0.25, 0.3) is 0 Å². The van der Waals surface area contributed by atoms with Crippen LogP contribution in [0.15, 0.2) is 24.3 Å². The largest absolute Gasteiger partial charge is 0.444 e. The first-order valence-electron chi connectivity index (χ1n) is 12.0. The quantitative estimate of drug-likeness (QED) is 0.323. The monoisotopic (exact) mass is 432 g/mol. The number of benzene rings is 1. The zero-order valence-electron chi connectivity index (χ0n) is 20.5. The molecule has 1 N–H and O–H groups in total. The lowest BCUT2D eigenvalue weighted by Gasteiger charge is -2.24. The van der Waals surface area contributed by atoms with E-state index >= 15 is 0 Å². The first-order chi connectivity index (χ1) is 14.7. The maximum Gasteiger partial charge on any atom is 0.410 e. The van der Waals surface area contributed by atoms with E-state index in [0.717, 1.165) is 12.1 Å². The Morgan fingerprint density at radius 3 is 2.06 bits per heavy atom. The number of carbonyl (C=O) groups excluding carboxylic acids is 2. The second-order valence-corrected chi connectivity index (χ2v) is 9.48. The minimum absolute atomic E-state index is 0.0339. The van der Waals surface area contributed by atoms with Crippen molar-refractivity contribution >= 4 is 17.7 Å². The molecule has 0 bridgehead atoms. The Hall–Kier alpha value is -2.04. The highest BCUT2D eigenvalue weighted by Gasteiger charge is 2.19. The van der Waals surface area contributed by atoms with Crippen LogP contribution in [-0.2, 0) is 16.0 Å². The number of nitrogens with zero attached hydrogens (tertiary/aromatic N) is 1. The SMILES string of the molecule is CCCCCCCCCCc1ccc(NC(=O)CCCN(C)C(=O)OC(C)(C)C)cc1. The fourth-order valence-electron chi connectivity index (χ4n) is 3.35. The van der Waals surface area contributed by atoms with Crippen LogP contribution in [0.5, 0.6) is 0 Å². The number of anilines is 1. The van der Waals surface area contributed by atoms with Crippen molar-refractivity contribution in [3.05, 3.63) is 29.8 Å². The van der Waals surface area contributed by atoms with E-state index in [-0.39, 0.29) is 12.0 Å². The lowest BCUT2D eigenvalue weighted by atomic mass is 10.0. The maximum atomic E-state index is 12.2. The molecule has 1 aromatic carbocycles. The molecule has 176 valence electrons. The van der Waals surface area contributed by atoms with Gasteiger partial charge in [0.15, 0.2) is 0 Å². The molecule has 1 rings (SSSR count). The topological polar surface area (TPSA) is 58.6 Å². The Morgan fingerprint density at radius 1 is 0.903 bits per heavy atom. The van der Waals surface area contributed by atoms with Crippen LogP contribution in [0.3, 0.4) is 0 Å². The van der Waals surface area contributed by atoms with Crippen LogP contribution in [0.2, 0.25) is 0 Å². The van der Waals surface area contributed by atoms with Crippen molar-refractivity contribution in [2.75, 3.05) is 18.9 Å². The minimum atomic E-state index is -0.511. The Labute approximate surface area is 189 Å². The number of carbonyl (C=O) groups is 2. The Kier molecular flexibility index (Phi) is 13.0. The predicted molar refractivity (Wildman–Crippen MR) is 129 cm³/mol. The summed E-state index contributed by atoms with van der Waals surface area (Å²) in [7, 11) is 1.69. The van der Waals surface area contributed by atoms with Gasteiger partial charge in [0.25, 0.3) is 0 Å². The number of hydrogen-bond acceptors (Lipinski definition) is 3. The van der Waals surface area contributed by atoms with Crippen LogP contribution in [0.1, 0.15) is 97.5 Å². The summed E-state index contributed by atoms with van der Waals surface area (Å²) in [6.07, 6.45) is 12.3. The summed E-state index contributed by atoms with van der Waals surface area (Å²) in [4.78, 5) is 25.6. The number of rotatable bonds is 14. The highest BCUT2D eigenvalue weighted by Crippen LogP contribution is 2.15. The van der Waals surface area contributed by atoms with Gasteiger partial charge in [0.05, 0.1) is 0 Å². The molecule has 5 heteroatoms. The van der Waals surface area contributed by atoms with Crippen LogP contribution >= 0.6 is 0 Å². The average Bonchev–Trinajstić information content (AvgIpc) is 2.70. The van der Waals surface area contributed by atoms with Gasteiger partial charge in [-0.2, -0.15) is 0 Å². The molecule has 0 aromatic heterocycles. The Bertz CT molecular complexity index is 635. The van der Waals surface area contributed by atoms with Gasteiger partial charge in [-0.25, -0.2) is 4.79 Å². The molecule has 31 heavy (non-hydrogen) atoms. The van der Waals surface area contributed by atoms with Gasteiger partial charge in [-0.05, 0) is 57.7 Å². The van der Waals surface area contributed by atoms with Crippen molar-refractivity contribution in [3.8, 4) is 0 Å². The van der Waals surface area contributed by atoms with Crippen molar-refractivity contribution in [3.63, 3.8) is 0 Å². The summed E-state index contributed by atoms with van der Waals surface area (Å²) in [5, 5.41) is 2.94. The van der Waals surface area contributed by atoms with Gasteiger partial charge in [0, 0.05) is 25.7 Å². The molecule has 1 aromatic rings. The van der Waals surface area contributed by atoms with Crippen molar-refractivity contribution in [2.24, 2.45) is 0 Å². The summed E-state index contributed by atoms with van der Waals surface area (Å²) in [5.74, 6) is -0.0339. The molecule has 0 heterocycles. The number of unbranched alkanes of at least 4 members (excludes halogenated alkanes) is 7. The van der Waals surface area contributed by atoms with Gasteiger partial charge >= 0.3 is 6.09 Å². The van der Waals surface area contributed by atoms with E-state index in [4.69, 9.17) is 4.74 Å². The first kappa shape index (κ1) is 27.0. The summed E-state index contributed by atoms with van der Waals surface area (Å²) in [6, 6.07) is 8.16. The molecular formula is C26H44N2O3. The normalized spacial score (nSPS) is 11.3. The van der Waals surface area contributed by atoms with Gasteiger partial charge in [-0.1, -0.05) is 64.0 Å². The zero-order valence-corrected chi connectivity index (χ0v) is 20.5. The average molecular weight is 433 g/mol. The van der Waals surface area contributed by atoms with Gasteiger partial charge in [-0.15, -0.1) is 0 Å². The third-order valence-corrected chi connectivity index (χ3v) is 5.16. The van der Waals surface area contributed by atoms with E-state index < -0.39 is 5.60 Å². The van der Waals surface area contributed by atoms with Gasteiger partial charge in [0.1, 0.15) is 5.60 Å². The molecule has 0 unspecified atom stereocenters. The van der Waals surface area contributed by atoms with E-state index in [0.29, 0.717) is 19.4 Å². The molecule has 5 nitrogen and oxygen atoms in total. The van der Waals surface area contributed by atoms with Gasteiger partial charge in [-0.3, -0.25) is 4.79 Å². The van der Waals surface area contributed by atoms with E-state index in [9.17, 15) is 9.59 Å². The van der Waals surface area contributed by atoms with Crippen LogP contribution in [-0.4, -0.2) is 36.1 Å². The number of hydrogen-bond donors (Lipinski definition) is 1. The first-order valence-corrected chi connectivity index (χ1v) is 12.0. The van der Waals surface area contributed by atoms with Gasteiger partial charge < -0.3 is 15.0 Å². The molecule has 2 amide bonds. The predicted octanol–water partition coefficient (Wildman–Crippen LogP) is 6.96. The van der Waals surface area contributed by atoms with E-state index in [1.165, 1.54) is 61.8 Å². The molecule has 0 aliphatic carbocycles. The molecular weight excluding hydrogens is 388 g/mol. The lowest BCUT2D eigenvalue weighted by molar-refractivity contribution is -0.116. The maximum absolute atomic E-state index is 12.2. The summed E-state index contributed by atoms with van der Waals surface area (Å²) in [5.41, 5.74) is 1.64. The van der Waals surface area contributed by atoms with E-state index in [1.807, 2.05) is 32.9 Å². The molecule has 0 aliphatic rings. The molecule has 0 spiro atoms. The third kappa shape index (κ3) is 13.8. The third-order valence-electron chi connectivity index (χ3n) is 5.16. The number of amides is 2. The van der Waals surface area contributed by atoms with Crippen molar-refractivity contribution in [1.29, 1.82) is 0 Å². The zero-order chi connectivity index (χ0) is 23.1. The summed E-state index contributed by atoms with van der Waals surface area (Å²) < 4.78 is 5.31. The fraction of sp³-hybridized carbons (Fsp3) is 0.692. The van der Waals surface area contributed by atoms with E-state index in [1.54, 1.807) is 7.05 Å². The van der Waals surface area contributed by atoms with E-state index in [2.05, 4.69) is 24.4 Å². The van der Waals surface area contributed by atoms with Crippen LogP contribution in [0, 0.1) is 0 Å². The smallest absolute Gasteiger partial charge is 0.410 e. The minimum Gasteiger partial charge on any atom is -0.444 e. The van der Waals surface area contributed by atoms with Crippen LogP contribution in [0.4, 0.5) is 10.5 Å². The standard InChI is InChI=1S/C26H44N2O3/c1-6-7-8-9-10-11-12-13-15-22-17-19-23(20-18-22)27-24(29)16-14-21-28(5)25(30)31-26(2,3)4/h17-20H,6-16,21H2,1-5H3,(H,27,29).